The Morgan fingerprint density at radius 2 is 1.73 bits per heavy atom. The van der Waals surface area contributed by atoms with E-state index in [2.05, 4.69) is 77.4 Å². The molecule has 3 aliphatic rings. The second-order valence-corrected chi connectivity index (χ2v) is 9.76. The third-order valence-corrected chi connectivity index (χ3v) is 7.73. The maximum Gasteiger partial charge on any atom is 0.0234 e. The largest absolute Gasteiger partial charge is 0.300 e. The summed E-state index contributed by atoms with van der Waals surface area (Å²) < 4.78 is 0. The van der Waals surface area contributed by atoms with Crippen LogP contribution in [0, 0.1) is 11.8 Å². The zero-order valence-electron chi connectivity index (χ0n) is 18.5. The first kappa shape index (κ1) is 20.0. The Bertz CT molecular complexity index is 854. The van der Waals surface area contributed by atoms with E-state index in [0.29, 0.717) is 5.92 Å². The van der Waals surface area contributed by atoms with Crippen LogP contribution in [-0.4, -0.2) is 42.0 Å². The highest BCUT2D eigenvalue weighted by Crippen LogP contribution is 2.41. The van der Waals surface area contributed by atoms with Crippen molar-refractivity contribution < 1.29 is 0 Å². The fourth-order valence-electron chi connectivity index (χ4n) is 5.97. The molecule has 3 atom stereocenters. The van der Waals surface area contributed by atoms with Crippen molar-refractivity contribution in [2.75, 3.05) is 26.2 Å². The smallest absolute Gasteiger partial charge is 0.0234 e. The summed E-state index contributed by atoms with van der Waals surface area (Å²) in [6.45, 7) is 8.43. The van der Waals surface area contributed by atoms with Crippen molar-refractivity contribution in [1.82, 2.24) is 9.80 Å². The molecule has 0 aromatic heterocycles. The van der Waals surface area contributed by atoms with Gasteiger partial charge in [0.1, 0.15) is 0 Å². The van der Waals surface area contributed by atoms with Gasteiger partial charge < -0.3 is 4.90 Å². The van der Waals surface area contributed by atoms with Gasteiger partial charge in [-0.15, -0.1) is 0 Å². The van der Waals surface area contributed by atoms with Crippen molar-refractivity contribution in [3.05, 3.63) is 77.4 Å². The van der Waals surface area contributed by atoms with Gasteiger partial charge in [-0.2, -0.15) is 0 Å². The first-order valence-electron chi connectivity index (χ1n) is 12.1. The molecule has 5 rings (SSSR count). The molecule has 2 heteroatoms. The Labute approximate surface area is 182 Å². The lowest BCUT2D eigenvalue weighted by Gasteiger charge is -2.26. The normalized spacial score (nSPS) is 27.2. The van der Waals surface area contributed by atoms with Crippen LogP contribution >= 0.6 is 0 Å². The zero-order chi connectivity index (χ0) is 20.3. The van der Waals surface area contributed by atoms with E-state index in [9.17, 15) is 0 Å². The lowest BCUT2D eigenvalue weighted by atomic mass is 9.78. The second-order valence-electron chi connectivity index (χ2n) is 9.76. The second kappa shape index (κ2) is 9.08. The lowest BCUT2D eigenvalue weighted by molar-refractivity contribution is 0.272. The van der Waals surface area contributed by atoms with Gasteiger partial charge in [0.05, 0.1) is 0 Å². The van der Waals surface area contributed by atoms with Gasteiger partial charge >= 0.3 is 0 Å². The average Bonchev–Trinajstić information content (AvgIpc) is 3.38. The van der Waals surface area contributed by atoms with Crippen molar-refractivity contribution in [2.45, 2.75) is 51.6 Å². The van der Waals surface area contributed by atoms with Gasteiger partial charge in [-0.05, 0) is 73.8 Å². The Hall–Kier alpha value is -1.90. The number of allylic oxidation sites excluding steroid dienone is 1. The number of likely N-dealkylation sites (tertiary alicyclic amines) is 2. The minimum Gasteiger partial charge on any atom is -0.300 e. The molecule has 158 valence electrons. The maximum atomic E-state index is 2.68. The molecule has 2 aliphatic heterocycles. The van der Waals surface area contributed by atoms with Crippen LogP contribution in [0.3, 0.4) is 0 Å². The molecule has 0 radical (unpaired) electrons. The fraction of sp³-hybridized carbons (Fsp3) is 0.500. The first-order valence-corrected chi connectivity index (χ1v) is 12.1. The van der Waals surface area contributed by atoms with E-state index in [1.54, 1.807) is 5.57 Å². The van der Waals surface area contributed by atoms with Crippen molar-refractivity contribution in [3.8, 4) is 0 Å². The van der Waals surface area contributed by atoms with Crippen molar-refractivity contribution >= 4 is 5.57 Å². The molecule has 0 saturated carbocycles. The van der Waals surface area contributed by atoms with E-state index in [4.69, 9.17) is 0 Å². The monoisotopic (exact) mass is 400 g/mol. The maximum absolute atomic E-state index is 2.68. The summed E-state index contributed by atoms with van der Waals surface area (Å²) in [5.41, 5.74) is 6.01. The van der Waals surface area contributed by atoms with E-state index in [0.717, 1.165) is 18.5 Å². The highest BCUT2D eigenvalue weighted by atomic mass is 15.2. The summed E-state index contributed by atoms with van der Waals surface area (Å²) >= 11 is 0. The molecule has 0 amide bonds. The highest BCUT2D eigenvalue weighted by molar-refractivity contribution is 5.69. The number of benzene rings is 2. The molecule has 1 unspecified atom stereocenters. The fourth-order valence-corrected chi connectivity index (χ4v) is 5.97. The molecule has 2 aromatic rings. The van der Waals surface area contributed by atoms with Crippen molar-refractivity contribution in [1.29, 1.82) is 0 Å². The number of fused-ring (bicyclic) bond motifs is 1. The first-order chi connectivity index (χ1) is 14.8. The molecule has 30 heavy (non-hydrogen) atoms. The van der Waals surface area contributed by atoms with Gasteiger partial charge in [-0.3, -0.25) is 4.90 Å². The van der Waals surface area contributed by atoms with Crippen LogP contribution in [0.5, 0.6) is 0 Å². The molecule has 2 fully saturated rings. The molecule has 2 nitrogen and oxygen atoms in total. The number of hydrogen-bond acceptors (Lipinski definition) is 2. The van der Waals surface area contributed by atoms with E-state index >= 15 is 0 Å². The van der Waals surface area contributed by atoms with Crippen molar-refractivity contribution in [2.24, 2.45) is 11.8 Å². The third kappa shape index (κ3) is 4.40. The number of hydrogen-bond donors (Lipinski definition) is 0. The highest BCUT2D eigenvalue weighted by Gasteiger charge is 2.36. The Morgan fingerprint density at radius 3 is 2.50 bits per heavy atom. The van der Waals surface area contributed by atoms with Gasteiger partial charge in [-0.1, -0.05) is 60.7 Å². The minimum atomic E-state index is 0.707. The molecular formula is C28H36N2. The standard InChI is InChI=1S/C28H36N2/c1-22-7-6-17-30(22)18-16-23-12-14-25(15-13-23)27-11-5-10-26-20-29(21-28(26)27)19-24-8-3-2-4-9-24/h2-4,8-9,11-15,22,26,28H,5-7,10,16-21H2,1H3/t22?,26-,28+/m0/s1. The SMILES string of the molecule is CC1CCCN1CCc1ccc(C2=CCC[C@H]3CN(Cc4ccccc4)C[C@@H]23)cc1. The topological polar surface area (TPSA) is 6.48 Å². The predicted molar refractivity (Wildman–Crippen MR) is 126 cm³/mol. The molecule has 0 spiro atoms. The average molecular weight is 401 g/mol. The molecule has 2 saturated heterocycles. The molecule has 2 aromatic carbocycles. The van der Waals surface area contributed by atoms with Crippen LogP contribution < -0.4 is 0 Å². The summed E-state index contributed by atoms with van der Waals surface area (Å²) in [6, 6.07) is 21.3. The van der Waals surface area contributed by atoms with Crippen LogP contribution in [0.1, 0.15) is 49.3 Å². The summed E-state index contributed by atoms with van der Waals surface area (Å²) in [7, 11) is 0. The zero-order valence-corrected chi connectivity index (χ0v) is 18.5. The third-order valence-electron chi connectivity index (χ3n) is 7.73. The van der Waals surface area contributed by atoms with Gasteiger partial charge in [0, 0.05) is 38.1 Å². The van der Waals surface area contributed by atoms with E-state index in [1.165, 1.54) is 75.0 Å². The predicted octanol–water partition coefficient (Wildman–Crippen LogP) is 5.64. The molecular weight excluding hydrogens is 364 g/mol. The van der Waals surface area contributed by atoms with Crippen LogP contribution in [-0.2, 0) is 13.0 Å². The van der Waals surface area contributed by atoms with Crippen LogP contribution in [0.25, 0.3) is 5.57 Å². The van der Waals surface area contributed by atoms with E-state index in [-0.39, 0.29) is 0 Å². The molecule has 2 heterocycles. The van der Waals surface area contributed by atoms with Gasteiger partial charge in [0.15, 0.2) is 0 Å². The molecule has 0 bridgehead atoms. The van der Waals surface area contributed by atoms with Gasteiger partial charge in [-0.25, -0.2) is 0 Å². The number of nitrogens with zero attached hydrogens (tertiary/aromatic N) is 2. The summed E-state index contributed by atoms with van der Waals surface area (Å²) in [5, 5.41) is 0. The quantitative estimate of drug-likeness (QED) is 0.619. The van der Waals surface area contributed by atoms with E-state index < -0.39 is 0 Å². The Morgan fingerprint density at radius 1 is 0.900 bits per heavy atom. The van der Waals surface area contributed by atoms with Crippen molar-refractivity contribution in [3.63, 3.8) is 0 Å². The minimum absolute atomic E-state index is 0.707. The Kier molecular flexibility index (Phi) is 6.06. The number of rotatable bonds is 6. The summed E-state index contributed by atoms with van der Waals surface area (Å²) in [4.78, 5) is 5.33. The Balaban J connectivity index is 1.22. The molecule has 1 aliphatic carbocycles. The van der Waals surface area contributed by atoms with Crippen LogP contribution in [0.15, 0.2) is 60.7 Å². The van der Waals surface area contributed by atoms with Crippen LogP contribution in [0.2, 0.25) is 0 Å². The molecule has 0 N–H and O–H groups in total. The van der Waals surface area contributed by atoms with Crippen LogP contribution in [0.4, 0.5) is 0 Å². The lowest BCUT2D eigenvalue weighted by Crippen LogP contribution is -2.28. The van der Waals surface area contributed by atoms with E-state index in [1.807, 2.05) is 0 Å². The summed E-state index contributed by atoms with van der Waals surface area (Å²) in [5.74, 6) is 1.53. The van der Waals surface area contributed by atoms with Gasteiger partial charge in [0.2, 0.25) is 0 Å². The summed E-state index contributed by atoms with van der Waals surface area (Å²) in [6.07, 6.45) is 9.06. The van der Waals surface area contributed by atoms with Gasteiger partial charge in [0.25, 0.3) is 0 Å².